The molecule has 0 atom stereocenters. The normalized spacial score (nSPS) is 17.3. The van der Waals surface area contributed by atoms with Crippen molar-refractivity contribution in [3.8, 4) is 0 Å². The first kappa shape index (κ1) is 18.4. The quantitative estimate of drug-likeness (QED) is 0.421. The molecule has 1 fully saturated rings. The fourth-order valence-electron chi connectivity index (χ4n) is 4.13. The molecule has 0 saturated heterocycles. The van der Waals surface area contributed by atoms with E-state index in [1.165, 1.54) is 82.8 Å². The number of hydrogen-bond acceptors (Lipinski definition) is 0. The first-order valence-corrected chi connectivity index (χ1v) is 9.59. The van der Waals surface area contributed by atoms with Crippen LogP contribution in [0.3, 0.4) is 0 Å². The van der Waals surface area contributed by atoms with Gasteiger partial charge < -0.3 is 0 Å². The summed E-state index contributed by atoms with van der Waals surface area (Å²) in [5.74, 6) is -1.45. The zero-order valence-electron chi connectivity index (χ0n) is 14.7. The lowest BCUT2D eigenvalue weighted by Gasteiger charge is -2.38. The predicted octanol–water partition coefficient (Wildman–Crippen LogP) is 7.21. The van der Waals surface area contributed by atoms with Crippen LogP contribution in [0.4, 0.5) is 8.78 Å². The van der Waals surface area contributed by atoms with Crippen LogP contribution in [0.2, 0.25) is 0 Å². The van der Waals surface area contributed by atoms with Crippen molar-refractivity contribution in [1.29, 1.82) is 0 Å². The molecule has 0 bridgehead atoms. The molecule has 1 aromatic carbocycles. The van der Waals surface area contributed by atoms with Gasteiger partial charge >= 0.3 is 0 Å². The summed E-state index contributed by atoms with van der Waals surface area (Å²) < 4.78 is 26.4. The molecule has 1 aliphatic rings. The summed E-state index contributed by atoms with van der Waals surface area (Å²) in [6.07, 6.45) is 16.7. The molecule has 0 aromatic heterocycles. The van der Waals surface area contributed by atoms with Crippen molar-refractivity contribution in [1.82, 2.24) is 0 Å². The van der Waals surface area contributed by atoms with Crippen LogP contribution in [0.15, 0.2) is 18.2 Å². The van der Waals surface area contributed by atoms with Crippen molar-refractivity contribution in [2.24, 2.45) is 5.41 Å². The van der Waals surface area contributed by atoms with Gasteiger partial charge in [0, 0.05) is 0 Å². The maximum atomic E-state index is 13.4. The minimum absolute atomic E-state index is 0.454. The van der Waals surface area contributed by atoms with Gasteiger partial charge in [0.1, 0.15) is 0 Å². The molecule has 0 heterocycles. The molecule has 2 heteroatoms. The minimum Gasteiger partial charge on any atom is -0.204 e. The van der Waals surface area contributed by atoms with Crippen LogP contribution >= 0.6 is 0 Å². The SMILES string of the molecule is CCCCCCCC1(CCc2ccc(F)c(F)c2)CCCCC1. The number of rotatable bonds is 9. The third-order valence-corrected chi connectivity index (χ3v) is 5.65. The predicted molar refractivity (Wildman–Crippen MR) is 93.6 cm³/mol. The Morgan fingerprint density at radius 2 is 1.61 bits per heavy atom. The molecule has 0 amide bonds. The third-order valence-electron chi connectivity index (χ3n) is 5.65. The highest BCUT2D eigenvalue weighted by molar-refractivity contribution is 5.18. The highest BCUT2D eigenvalue weighted by atomic mass is 19.2. The lowest BCUT2D eigenvalue weighted by atomic mass is 9.68. The van der Waals surface area contributed by atoms with Gasteiger partial charge in [0.05, 0.1) is 0 Å². The molecule has 1 aromatic rings. The topological polar surface area (TPSA) is 0 Å². The largest absolute Gasteiger partial charge is 0.204 e. The summed E-state index contributed by atoms with van der Waals surface area (Å²) in [6, 6.07) is 4.40. The monoisotopic (exact) mass is 322 g/mol. The summed E-state index contributed by atoms with van der Waals surface area (Å²) >= 11 is 0. The number of aryl methyl sites for hydroxylation is 1. The van der Waals surface area contributed by atoms with Gasteiger partial charge in [-0.3, -0.25) is 0 Å². The fourth-order valence-corrected chi connectivity index (χ4v) is 4.13. The van der Waals surface area contributed by atoms with Crippen molar-refractivity contribution in [3.05, 3.63) is 35.4 Å². The molecule has 0 spiro atoms. The van der Waals surface area contributed by atoms with Gasteiger partial charge in [0.2, 0.25) is 0 Å². The molecule has 1 saturated carbocycles. The minimum atomic E-state index is -0.739. The molecule has 1 aliphatic carbocycles. The van der Waals surface area contributed by atoms with Crippen LogP contribution in [-0.2, 0) is 6.42 Å². The number of unbranched alkanes of at least 4 members (excludes halogenated alkanes) is 4. The Morgan fingerprint density at radius 1 is 0.870 bits per heavy atom. The number of hydrogen-bond donors (Lipinski definition) is 0. The Bertz CT molecular complexity index is 461. The van der Waals surface area contributed by atoms with Gasteiger partial charge in [0.25, 0.3) is 0 Å². The van der Waals surface area contributed by atoms with E-state index in [0.717, 1.165) is 18.4 Å². The molecular formula is C21H32F2. The molecule has 0 unspecified atom stereocenters. The van der Waals surface area contributed by atoms with Crippen LogP contribution in [-0.4, -0.2) is 0 Å². The first-order chi connectivity index (χ1) is 11.2. The van der Waals surface area contributed by atoms with Crippen LogP contribution < -0.4 is 0 Å². The van der Waals surface area contributed by atoms with Crippen molar-refractivity contribution in [2.45, 2.75) is 90.4 Å². The second-order valence-corrected chi connectivity index (χ2v) is 7.47. The van der Waals surface area contributed by atoms with Gasteiger partial charge in [-0.05, 0) is 55.2 Å². The van der Waals surface area contributed by atoms with Gasteiger partial charge in [-0.25, -0.2) is 8.78 Å². The maximum absolute atomic E-state index is 13.4. The number of benzene rings is 1. The van der Waals surface area contributed by atoms with Gasteiger partial charge in [0.15, 0.2) is 11.6 Å². The van der Waals surface area contributed by atoms with Crippen LogP contribution in [0.1, 0.15) is 89.5 Å². The van der Waals surface area contributed by atoms with Crippen molar-refractivity contribution < 1.29 is 8.78 Å². The molecule has 0 aliphatic heterocycles. The lowest BCUT2D eigenvalue weighted by Crippen LogP contribution is -2.25. The highest BCUT2D eigenvalue weighted by Gasteiger charge is 2.30. The summed E-state index contributed by atoms with van der Waals surface area (Å²) in [6.45, 7) is 2.25. The lowest BCUT2D eigenvalue weighted by molar-refractivity contribution is 0.152. The van der Waals surface area contributed by atoms with Crippen LogP contribution in [0.5, 0.6) is 0 Å². The van der Waals surface area contributed by atoms with E-state index in [2.05, 4.69) is 6.92 Å². The molecular weight excluding hydrogens is 290 g/mol. The average Bonchev–Trinajstić information content (AvgIpc) is 2.57. The summed E-state index contributed by atoms with van der Waals surface area (Å²) in [7, 11) is 0. The zero-order chi connectivity index (χ0) is 16.5. The van der Waals surface area contributed by atoms with E-state index >= 15 is 0 Å². The molecule has 23 heavy (non-hydrogen) atoms. The summed E-state index contributed by atoms with van der Waals surface area (Å²) in [5.41, 5.74) is 1.40. The van der Waals surface area contributed by atoms with Crippen molar-refractivity contribution >= 4 is 0 Å². The molecule has 130 valence electrons. The molecule has 0 nitrogen and oxygen atoms in total. The van der Waals surface area contributed by atoms with E-state index < -0.39 is 11.6 Å². The Kier molecular flexibility index (Phi) is 7.52. The van der Waals surface area contributed by atoms with Gasteiger partial charge in [-0.15, -0.1) is 0 Å². The number of halogens is 2. The Morgan fingerprint density at radius 3 is 2.30 bits per heavy atom. The molecule has 0 radical (unpaired) electrons. The Balaban J connectivity index is 1.88. The van der Waals surface area contributed by atoms with E-state index in [0.29, 0.717) is 5.41 Å². The highest BCUT2D eigenvalue weighted by Crippen LogP contribution is 2.44. The van der Waals surface area contributed by atoms with Gasteiger partial charge in [-0.1, -0.05) is 64.4 Å². The summed E-state index contributed by atoms with van der Waals surface area (Å²) in [5, 5.41) is 0. The van der Waals surface area contributed by atoms with Crippen molar-refractivity contribution in [3.63, 3.8) is 0 Å². The summed E-state index contributed by atoms with van der Waals surface area (Å²) in [4.78, 5) is 0. The maximum Gasteiger partial charge on any atom is 0.159 e. The standard InChI is InChI=1S/C21H32F2/c1-2-3-4-5-7-13-21(14-8-6-9-15-21)16-12-18-10-11-19(22)20(23)17-18/h10-11,17H,2-9,12-16H2,1H3. The van der Waals surface area contributed by atoms with E-state index in [-0.39, 0.29) is 0 Å². The van der Waals surface area contributed by atoms with Gasteiger partial charge in [-0.2, -0.15) is 0 Å². The molecule has 2 rings (SSSR count). The van der Waals surface area contributed by atoms with E-state index in [1.807, 2.05) is 0 Å². The van der Waals surface area contributed by atoms with Crippen LogP contribution in [0.25, 0.3) is 0 Å². The Hall–Kier alpha value is -0.920. The zero-order valence-corrected chi connectivity index (χ0v) is 14.7. The Labute approximate surface area is 140 Å². The first-order valence-electron chi connectivity index (χ1n) is 9.59. The third kappa shape index (κ3) is 5.90. The van der Waals surface area contributed by atoms with E-state index in [9.17, 15) is 8.78 Å². The van der Waals surface area contributed by atoms with E-state index in [1.54, 1.807) is 6.07 Å². The van der Waals surface area contributed by atoms with Crippen molar-refractivity contribution in [2.75, 3.05) is 0 Å². The smallest absolute Gasteiger partial charge is 0.159 e. The van der Waals surface area contributed by atoms with Crippen LogP contribution in [0, 0.1) is 17.0 Å². The second-order valence-electron chi connectivity index (χ2n) is 7.47. The second kappa shape index (κ2) is 9.39. The fraction of sp³-hybridized carbons (Fsp3) is 0.714. The average molecular weight is 322 g/mol. The molecule has 0 N–H and O–H groups in total. The van der Waals surface area contributed by atoms with E-state index in [4.69, 9.17) is 0 Å².